The highest BCUT2D eigenvalue weighted by atomic mass is 16.5. The van der Waals surface area contributed by atoms with Crippen LogP contribution in [0.3, 0.4) is 0 Å². The Kier molecular flexibility index (Phi) is 5.35. The molecule has 0 spiro atoms. The summed E-state index contributed by atoms with van der Waals surface area (Å²) in [6.07, 6.45) is 0. The van der Waals surface area contributed by atoms with E-state index in [1.807, 2.05) is 30.3 Å². The van der Waals surface area contributed by atoms with Gasteiger partial charge in [0.25, 0.3) is 5.56 Å². The number of amides is 1. The van der Waals surface area contributed by atoms with Gasteiger partial charge >= 0.3 is 0 Å². The van der Waals surface area contributed by atoms with Crippen LogP contribution in [0, 0.1) is 6.92 Å². The van der Waals surface area contributed by atoms with Crippen molar-refractivity contribution in [2.75, 3.05) is 12.4 Å². The van der Waals surface area contributed by atoms with E-state index in [-0.39, 0.29) is 17.8 Å². The summed E-state index contributed by atoms with van der Waals surface area (Å²) in [4.78, 5) is 26.6. The van der Waals surface area contributed by atoms with Crippen LogP contribution in [-0.4, -0.2) is 42.6 Å². The average molecular weight is 419 g/mol. The minimum absolute atomic E-state index is 0.178. The van der Waals surface area contributed by atoms with Crippen LogP contribution < -0.4 is 15.6 Å². The third-order valence-electron chi connectivity index (χ3n) is 4.90. The topological polar surface area (TPSA) is 109 Å². The number of nitrogens with one attached hydrogen (secondary N) is 1. The molecule has 0 aliphatic heterocycles. The first-order chi connectivity index (χ1) is 15.0. The SMILES string of the molecule is COc1ccc(-c2nnn(CC(=O)Nc3c(C)n(C)n(-c4ccccc4)c3=O)n2)cc1. The van der Waals surface area contributed by atoms with Gasteiger partial charge in [-0.1, -0.05) is 18.2 Å². The third-order valence-corrected chi connectivity index (χ3v) is 4.90. The Balaban J connectivity index is 1.51. The van der Waals surface area contributed by atoms with Gasteiger partial charge in [-0.15, -0.1) is 10.2 Å². The number of anilines is 1. The van der Waals surface area contributed by atoms with Gasteiger partial charge < -0.3 is 10.1 Å². The molecule has 0 aliphatic rings. The number of nitrogens with zero attached hydrogens (tertiary/aromatic N) is 6. The minimum Gasteiger partial charge on any atom is -0.497 e. The number of benzene rings is 2. The van der Waals surface area contributed by atoms with E-state index in [2.05, 4.69) is 20.7 Å². The molecule has 31 heavy (non-hydrogen) atoms. The Hall–Kier alpha value is -4.21. The largest absolute Gasteiger partial charge is 0.497 e. The number of aromatic nitrogens is 6. The van der Waals surface area contributed by atoms with Crippen molar-refractivity contribution in [1.29, 1.82) is 0 Å². The van der Waals surface area contributed by atoms with E-state index in [0.717, 1.165) is 11.3 Å². The number of para-hydroxylation sites is 1. The highest BCUT2D eigenvalue weighted by Crippen LogP contribution is 2.18. The summed E-state index contributed by atoms with van der Waals surface area (Å²) in [5.74, 6) is 0.678. The quantitative estimate of drug-likeness (QED) is 0.510. The zero-order valence-corrected chi connectivity index (χ0v) is 17.3. The lowest BCUT2D eigenvalue weighted by atomic mass is 10.2. The Labute approximate surface area is 177 Å². The van der Waals surface area contributed by atoms with Gasteiger partial charge in [0, 0.05) is 12.6 Å². The first-order valence-corrected chi connectivity index (χ1v) is 9.54. The number of hydrogen-bond donors (Lipinski definition) is 1. The average Bonchev–Trinajstić information content (AvgIpc) is 3.33. The molecule has 0 saturated heterocycles. The summed E-state index contributed by atoms with van der Waals surface area (Å²) in [5, 5.41) is 14.8. The van der Waals surface area contributed by atoms with Crippen LogP contribution in [0.5, 0.6) is 5.75 Å². The van der Waals surface area contributed by atoms with Crippen molar-refractivity contribution < 1.29 is 9.53 Å². The number of hydrogen-bond acceptors (Lipinski definition) is 6. The summed E-state index contributed by atoms with van der Waals surface area (Å²) in [6, 6.07) is 16.4. The van der Waals surface area contributed by atoms with Gasteiger partial charge in [-0.25, -0.2) is 4.68 Å². The molecule has 2 aromatic carbocycles. The fourth-order valence-electron chi connectivity index (χ4n) is 3.19. The minimum atomic E-state index is -0.426. The maximum absolute atomic E-state index is 12.9. The number of methoxy groups -OCH3 is 1. The first kappa shape index (κ1) is 20.1. The Morgan fingerprint density at radius 3 is 2.48 bits per heavy atom. The molecule has 0 bridgehead atoms. The molecule has 0 unspecified atom stereocenters. The van der Waals surface area contributed by atoms with Gasteiger partial charge in [0.1, 0.15) is 18.0 Å². The van der Waals surface area contributed by atoms with E-state index >= 15 is 0 Å². The number of tetrazole rings is 1. The van der Waals surface area contributed by atoms with Gasteiger partial charge in [-0.05, 0) is 48.5 Å². The van der Waals surface area contributed by atoms with Crippen LogP contribution in [0.2, 0.25) is 0 Å². The number of carbonyl (C=O) groups is 1. The highest BCUT2D eigenvalue weighted by molar-refractivity contribution is 5.90. The monoisotopic (exact) mass is 419 g/mol. The maximum atomic E-state index is 12.9. The van der Waals surface area contributed by atoms with Crippen LogP contribution in [0.4, 0.5) is 5.69 Å². The molecule has 158 valence electrons. The fourth-order valence-corrected chi connectivity index (χ4v) is 3.19. The van der Waals surface area contributed by atoms with E-state index in [0.29, 0.717) is 17.2 Å². The molecule has 2 aromatic heterocycles. The summed E-state index contributed by atoms with van der Waals surface area (Å²) >= 11 is 0. The van der Waals surface area contributed by atoms with Crippen LogP contribution in [-0.2, 0) is 18.4 Å². The Bertz CT molecular complexity index is 1270. The van der Waals surface area contributed by atoms with E-state index in [1.165, 1.54) is 9.48 Å². The molecule has 0 saturated carbocycles. The van der Waals surface area contributed by atoms with Crippen LogP contribution >= 0.6 is 0 Å². The maximum Gasteiger partial charge on any atom is 0.295 e. The normalized spacial score (nSPS) is 10.8. The molecule has 0 radical (unpaired) electrons. The van der Waals surface area contributed by atoms with Crippen molar-refractivity contribution in [2.24, 2.45) is 7.05 Å². The predicted octanol–water partition coefficient (Wildman–Crippen LogP) is 1.79. The predicted molar refractivity (Wildman–Crippen MR) is 114 cm³/mol. The summed E-state index contributed by atoms with van der Waals surface area (Å²) in [6.45, 7) is 1.59. The lowest BCUT2D eigenvalue weighted by Crippen LogP contribution is -2.25. The van der Waals surface area contributed by atoms with Crippen molar-refractivity contribution >= 4 is 11.6 Å². The second-order valence-electron chi connectivity index (χ2n) is 6.86. The molecule has 0 atom stereocenters. The van der Waals surface area contributed by atoms with Gasteiger partial charge in [0.05, 0.1) is 18.5 Å². The van der Waals surface area contributed by atoms with Gasteiger partial charge in [0.15, 0.2) is 0 Å². The Morgan fingerprint density at radius 1 is 1.10 bits per heavy atom. The van der Waals surface area contributed by atoms with Gasteiger partial charge in [-0.3, -0.25) is 14.3 Å². The van der Waals surface area contributed by atoms with E-state index in [1.54, 1.807) is 50.0 Å². The van der Waals surface area contributed by atoms with Crippen molar-refractivity contribution in [3.8, 4) is 22.8 Å². The lowest BCUT2D eigenvalue weighted by molar-refractivity contribution is -0.117. The van der Waals surface area contributed by atoms with Crippen molar-refractivity contribution in [3.63, 3.8) is 0 Å². The number of ether oxygens (including phenoxy) is 1. The van der Waals surface area contributed by atoms with E-state index in [4.69, 9.17) is 4.74 Å². The van der Waals surface area contributed by atoms with Gasteiger partial charge in [0.2, 0.25) is 11.7 Å². The summed E-state index contributed by atoms with van der Waals surface area (Å²) in [5.41, 5.74) is 1.99. The molecular weight excluding hydrogens is 398 g/mol. The van der Waals surface area contributed by atoms with Gasteiger partial charge in [-0.2, -0.15) is 4.80 Å². The van der Waals surface area contributed by atoms with Crippen LogP contribution in [0.25, 0.3) is 17.1 Å². The summed E-state index contributed by atoms with van der Waals surface area (Å²) < 4.78 is 8.33. The molecule has 1 amide bonds. The molecular formula is C21H21N7O3. The third kappa shape index (κ3) is 3.95. The number of rotatable bonds is 6. The lowest BCUT2D eigenvalue weighted by Gasteiger charge is -2.07. The van der Waals surface area contributed by atoms with Crippen molar-refractivity contribution in [1.82, 2.24) is 29.6 Å². The molecule has 0 fully saturated rings. The molecule has 4 rings (SSSR count). The van der Waals surface area contributed by atoms with Crippen LogP contribution in [0.1, 0.15) is 5.69 Å². The second-order valence-corrected chi connectivity index (χ2v) is 6.86. The molecule has 2 heterocycles. The second kappa shape index (κ2) is 8.27. The smallest absolute Gasteiger partial charge is 0.295 e. The molecule has 4 aromatic rings. The number of carbonyl (C=O) groups excluding carboxylic acids is 1. The summed E-state index contributed by atoms with van der Waals surface area (Å²) in [7, 11) is 3.35. The standard InChI is InChI=1S/C21H21N7O3/c1-14-19(21(30)28(26(14)2)16-7-5-4-6-8-16)22-18(29)13-27-24-20(23-25-27)15-9-11-17(31-3)12-10-15/h4-12H,13H2,1-3H3,(H,22,29). The van der Waals surface area contributed by atoms with E-state index < -0.39 is 5.91 Å². The molecule has 1 N–H and O–H groups in total. The van der Waals surface area contributed by atoms with Crippen molar-refractivity contribution in [2.45, 2.75) is 13.5 Å². The van der Waals surface area contributed by atoms with Crippen molar-refractivity contribution in [3.05, 3.63) is 70.6 Å². The molecule has 0 aliphatic carbocycles. The fraction of sp³-hybridized carbons (Fsp3) is 0.190. The first-order valence-electron chi connectivity index (χ1n) is 9.54. The van der Waals surface area contributed by atoms with E-state index in [9.17, 15) is 9.59 Å². The Morgan fingerprint density at radius 2 is 1.81 bits per heavy atom. The molecule has 10 heteroatoms. The zero-order valence-electron chi connectivity index (χ0n) is 17.3. The van der Waals surface area contributed by atoms with Crippen LogP contribution in [0.15, 0.2) is 59.4 Å². The zero-order chi connectivity index (χ0) is 22.0. The highest BCUT2D eigenvalue weighted by Gasteiger charge is 2.19. The molecule has 10 nitrogen and oxygen atoms in total.